The smallest absolute Gasteiger partial charge is 0.305 e. The van der Waals surface area contributed by atoms with E-state index in [4.69, 9.17) is 4.74 Å². The van der Waals surface area contributed by atoms with Crippen molar-refractivity contribution in [3.63, 3.8) is 0 Å². The van der Waals surface area contributed by atoms with Gasteiger partial charge in [-0.3, -0.25) is 4.79 Å². The maximum atomic E-state index is 10.9. The highest BCUT2D eigenvalue weighted by Gasteiger charge is 2.34. The van der Waals surface area contributed by atoms with Crippen LogP contribution in [0.3, 0.4) is 0 Å². The van der Waals surface area contributed by atoms with Crippen LogP contribution in [0.15, 0.2) is 72.9 Å². The van der Waals surface area contributed by atoms with Crippen molar-refractivity contribution in [2.75, 3.05) is 7.11 Å². The summed E-state index contributed by atoms with van der Waals surface area (Å²) < 4.78 is 10.1. The van der Waals surface area contributed by atoms with E-state index in [1.807, 2.05) is 24.3 Å². The van der Waals surface area contributed by atoms with Gasteiger partial charge in [-0.2, -0.15) is 0 Å². The van der Waals surface area contributed by atoms with Gasteiger partial charge in [-0.1, -0.05) is 79.8 Å². The highest BCUT2D eigenvalue weighted by atomic mass is 16.6. The highest BCUT2D eigenvalue weighted by Crippen LogP contribution is 2.26. The number of hydrogen-bond acceptors (Lipinski definition) is 3. The highest BCUT2D eigenvalue weighted by molar-refractivity contribution is 5.69. The minimum atomic E-state index is -0.160. The van der Waals surface area contributed by atoms with Crippen LogP contribution in [0.1, 0.15) is 45.4 Å². The molecular weight excluding hydrogens is 324 g/mol. The van der Waals surface area contributed by atoms with Crippen molar-refractivity contribution in [3.8, 4) is 0 Å². The molecule has 0 radical (unpaired) electrons. The van der Waals surface area contributed by atoms with Crippen LogP contribution in [-0.2, 0) is 14.3 Å². The largest absolute Gasteiger partial charge is 0.469 e. The van der Waals surface area contributed by atoms with Gasteiger partial charge in [0.1, 0.15) is 6.10 Å². The second kappa shape index (κ2) is 15.2. The van der Waals surface area contributed by atoms with Crippen LogP contribution in [0.2, 0.25) is 0 Å². The Morgan fingerprint density at radius 2 is 1.65 bits per heavy atom. The van der Waals surface area contributed by atoms with Crippen molar-refractivity contribution in [1.82, 2.24) is 0 Å². The molecule has 1 rings (SSSR count). The van der Waals surface area contributed by atoms with Crippen LogP contribution in [0, 0.1) is 0 Å². The zero-order valence-electron chi connectivity index (χ0n) is 16.1. The first kappa shape index (κ1) is 21.9. The van der Waals surface area contributed by atoms with Crippen LogP contribution >= 0.6 is 0 Å². The van der Waals surface area contributed by atoms with E-state index in [0.29, 0.717) is 12.5 Å². The SMILES string of the molecule is CC/C=C\C[C@@H]1O[C@H]1/C=C/C=C/C=C\C/C=C\C/C=C\CCC(=O)OC. The molecule has 0 aromatic carbocycles. The summed E-state index contributed by atoms with van der Waals surface area (Å²) in [6.07, 6.45) is 30.9. The third-order valence-electron chi connectivity index (χ3n) is 3.78. The lowest BCUT2D eigenvalue weighted by atomic mass is 10.2. The van der Waals surface area contributed by atoms with E-state index >= 15 is 0 Å². The molecule has 26 heavy (non-hydrogen) atoms. The lowest BCUT2D eigenvalue weighted by Crippen LogP contribution is -1.97. The first-order valence-corrected chi connectivity index (χ1v) is 9.45. The Hall–Kier alpha value is -2.13. The molecule has 1 aliphatic heterocycles. The van der Waals surface area contributed by atoms with Crippen LogP contribution in [0.4, 0.5) is 0 Å². The van der Waals surface area contributed by atoms with Crippen LogP contribution in [0.25, 0.3) is 0 Å². The predicted molar refractivity (Wildman–Crippen MR) is 109 cm³/mol. The van der Waals surface area contributed by atoms with Crippen LogP contribution < -0.4 is 0 Å². The molecule has 3 nitrogen and oxygen atoms in total. The van der Waals surface area contributed by atoms with Gasteiger partial charge in [0.25, 0.3) is 0 Å². The van der Waals surface area contributed by atoms with Crippen molar-refractivity contribution in [2.24, 2.45) is 0 Å². The van der Waals surface area contributed by atoms with Crippen molar-refractivity contribution in [3.05, 3.63) is 72.9 Å². The van der Waals surface area contributed by atoms with Crippen LogP contribution in [0.5, 0.6) is 0 Å². The van der Waals surface area contributed by atoms with Crippen molar-refractivity contribution < 1.29 is 14.3 Å². The van der Waals surface area contributed by atoms with Crippen LogP contribution in [-0.4, -0.2) is 25.3 Å². The normalized spacial score (nSPS) is 20.7. The number of rotatable bonds is 13. The number of hydrogen-bond donors (Lipinski definition) is 0. The molecule has 0 unspecified atom stereocenters. The molecule has 1 heterocycles. The minimum absolute atomic E-state index is 0.160. The third kappa shape index (κ3) is 12.3. The average molecular weight is 357 g/mol. The Bertz CT molecular complexity index is 550. The number of ether oxygens (including phenoxy) is 2. The van der Waals surface area contributed by atoms with Gasteiger partial charge in [0, 0.05) is 6.42 Å². The summed E-state index contributed by atoms with van der Waals surface area (Å²) in [5, 5.41) is 0. The van der Waals surface area contributed by atoms with E-state index in [0.717, 1.165) is 32.1 Å². The fourth-order valence-electron chi connectivity index (χ4n) is 2.24. The summed E-state index contributed by atoms with van der Waals surface area (Å²) in [7, 11) is 1.41. The first-order chi connectivity index (χ1) is 12.8. The summed E-state index contributed by atoms with van der Waals surface area (Å²) in [4.78, 5) is 10.9. The summed E-state index contributed by atoms with van der Waals surface area (Å²) in [5.74, 6) is -0.160. The lowest BCUT2D eigenvalue weighted by molar-refractivity contribution is -0.140. The molecule has 3 heteroatoms. The number of methoxy groups -OCH3 is 1. The molecule has 2 atom stereocenters. The fraction of sp³-hybridized carbons (Fsp3) is 0.435. The molecular formula is C23H32O3. The van der Waals surface area contributed by atoms with E-state index in [1.165, 1.54) is 7.11 Å². The maximum absolute atomic E-state index is 10.9. The van der Waals surface area contributed by atoms with Gasteiger partial charge < -0.3 is 9.47 Å². The summed E-state index contributed by atoms with van der Waals surface area (Å²) >= 11 is 0. The summed E-state index contributed by atoms with van der Waals surface area (Å²) in [6.45, 7) is 2.14. The molecule has 0 saturated carbocycles. The second-order valence-corrected chi connectivity index (χ2v) is 5.98. The Balaban J connectivity index is 2.01. The molecule has 1 fully saturated rings. The maximum Gasteiger partial charge on any atom is 0.305 e. The zero-order chi connectivity index (χ0) is 18.9. The number of esters is 1. The Morgan fingerprint density at radius 1 is 0.923 bits per heavy atom. The Morgan fingerprint density at radius 3 is 2.42 bits per heavy atom. The average Bonchev–Trinajstić information content (AvgIpc) is 3.40. The number of carbonyl (C=O) groups is 1. The molecule has 142 valence electrons. The number of allylic oxidation sites excluding steroid dienone is 10. The van der Waals surface area contributed by atoms with Crippen molar-refractivity contribution in [2.45, 2.75) is 57.7 Å². The standard InChI is InChI=1S/C23H32O3/c1-3-4-15-18-21-22(26-21)19-16-13-11-9-7-5-6-8-10-12-14-17-20-23(24)25-2/h4,6-9,11-16,19,21-22H,3,5,10,17-18,20H2,1-2H3/b8-6-,9-7-,13-11+,14-12-,15-4-,19-16+/t21-,22-/m0/s1. The molecule has 0 aromatic heterocycles. The van der Waals surface area contributed by atoms with Gasteiger partial charge >= 0.3 is 5.97 Å². The van der Waals surface area contributed by atoms with Crippen molar-refractivity contribution >= 4 is 5.97 Å². The van der Waals surface area contributed by atoms with Gasteiger partial charge in [-0.05, 0) is 32.1 Å². The Kier molecular flexibility index (Phi) is 12.8. The summed E-state index contributed by atoms with van der Waals surface area (Å²) in [6, 6.07) is 0. The Labute approximate surface area is 158 Å². The quantitative estimate of drug-likeness (QED) is 0.186. The predicted octanol–water partition coefficient (Wildman–Crippen LogP) is 5.62. The van der Waals surface area contributed by atoms with Crippen molar-refractivity contribution in [1.29, 1.82) is 0 Å². The molecule has 1 aliphatic rings. The zero-order valence-corrected chi connectivity index (χ0v) is 16.1. The van der Waals surface area contributed by atoms with Gasteiger partial charge in [0.15, 0.2) is 0 Å². The summed E-state index contributed by atoms with van der Waals surface area (Å²) in [5.41, 5.74) is 0. The molecule has 1 saturated heterocycles. The minimum Gasteiger partial charge on any atom is -0.469 e. The topological polar surface area (TPSA) is 38.8 Å². The van der Waals surface area contributed by atoms with E-state index in [-0.39, 0.29) is 12.1 Å². The molecule has 0 aliphatic carbocycles. The monoisotopic (exact) mass is 356 g/mol. The molecule has 0 spiro atoms. The molecule has 0 amide bonds. The molecule has 0 aromatic rings. The molecule has 0 bridgehead atoms. The molecule has 0 N–H and O–H groups in total. The van der Waals surface area contributed by atoms with Gasteiger partial charge in [-0.25, -0.2) is 0 Å². The first-order valence-electron chi connectivity index (χ1n) is 9.45. The lowest BCUT2D eigenvalue weighted by Gasteiger charge is -1.93. The second-order valence-electron chi connectivity index (χ2n) is 5.98. The van der Waals surface area contributed by atoms with E-state index in [2.05, 4.69) is 60.3 Å². The fourth-order valence-corrected chi connectivity index (χ4v) is 2.24. The van der Waals surface area contributed by atoms with E-state index in [9.17, 15) is 4.79 Å². The van der Waals surface area contributed by atoms with Gasteiger partial charge in [-0.15, -0.1) is 0 Å². The number of epoxide rings is 1. The number of carbonyl (C=O) groups excluding carboxylic acids is 1. The van der Waals surface area contributed by atoms with Gasteiger partial charge in [0.05, 0.1) is 13.2 Å². The third-order valence-corrected chi connectivity index (χ3v) is 3.78. The van der Waals surface area contributed by atoms with Gasteiger partial charge in [0.2, 0.25) is 0 Å². The van der Waals surface area contributed by atoms with E-state index < -0.39 is 0 Å². The van der Waals surface area contributed by atoms with E-state index in [1.54, 1.807) is 0 Å².